The van der Waals surface area contributed by atoms with Gasteiger partial charge >= 0.3 is 0 Å². The molecule has 2 unspecified atom stereocenters. The Morgan fingerprint density at radius 1 is 1.24 bits per heavy atom. The molecule has 4 N–H and O–H groups in total. The molecule has 118 valence electrons. The van der Waals surface area contributed by atoms with Gasteiger partial charge in [0.15, 0.2) is 0 Å². The van der Waals surface area contributed by atoms with Gasteiger partial charge in [-0.2, -0.15) is 0 Å². The molecule has 21 heavy (non-hydrogen) atoms. The third-order valence-corrected chi connectivity index (χ3v) is 6.20. The summed E-state index contributed by atoms with van der Waals surface area (Å²) in [6.07, 6.45) is 3.50. The summed E-state index contributed by atoms with van der Waals surface area (Å²) in [5.74, 6) is 6.43. The van der Waals surface area contributed by atoms with Gasteiger partial charge in [-0.3, -0.25) is 5.84 Å². The molecule has 1 saturated carbocycles. The number of rotatable bonds is 5. The van der Waals surface area contributed by atoms with Crippen molar-refractivity contribution in [3.8, 4) is 0 Å². The lowest BCUT2D eigenvalue weighted by Crippen LogP contribution is -2.31. The first-order chi connectivity index (χ1) is 9.85. The predicted molar refractivity (Wildman–Crippen MR) is 85.4 cm³/mol. The lowest BCUT2D eigenvalue weighted by Gasteiger charge is -2.18. The number of nitrogens with two attached hydrogens (primary N) is 1. The van der Waals surface area contributed by atoms with Crippen molar-refractivity contribution in [1.29, 1.82) is 0 Å². The Morgan fingerprint density at radius 3 is 2.33 bits per heavy atom. The summed E-state index contributed by atoms with van der Waals surface area (Å²) in [6, 6.07) is 3.50. The summed E-state index contributed by atoms with van der Waals surface area (Å²) < 4.78 is 27.9. The highest BCUT2D eigenvalue weighted by atomic mass is 32.2. The Kier molecular flexibility index (Phi) is 4.91. The second-order valence-corrected chi connectivity index (χ2v) is 7.81. The zero-order chi connectivity index (χ0) is 15.6. The van der Waals surface area contributed by atoms with Crippen molar-refractivity contribution in [2.24, 2.45) is 17.7 Å². The normalized spacial score (nSPS) is 22.5. The molecule has 1 aliphatic rings. The Bertz CT molecular complexity index is 590. The molecular weight excluding hydrogens is 286 g/mol. The monoisotopic (exact) mass is 311 g/mol. The summed E-state index contributed by atoms with van der Waals surface area (Å²) >= 11 is 0. The van der Waals surface area contributed by atoms with Gasteiger partial charge in [-0.15, -0.1) is 0 Å². The van der Waals surface area contributed by atoms with Crippen LogP contribution in [-0.2, 0) is 10.0 Å². The number of aryl methyl sites for hydroxylation is 2. The molecular formula is C15H25N3O2S. The molecule has 0 radical (unpaired) electrons. The van der Waals surface area contributed by atoms with Crippen molar-refractivity contribution >= 4 is 15.7 Å². The highest BCUT2D eigenvalue weighted by Crippen LogP contribution is 2.31. The van der Waals surface area contributed by atoms with Gasteiger partial charge in [0.05, 0.1) is 4.90 Å². The molecule has 1 aromatic carbocycles. The SMILES string of the molecule is Cc1cc(NN)cc(C)c1S(=O)(=O)NCC1CCCC1C. The van der Waals surface area contributed by atoms with Gasteiger partial charge in [0, 0.05) is 12.2 Å². The standard InChI is InChI=1S/C15H25N3O2S/c1-10-5-4-6-13(10)9-17-21(19,20)15-11(2)7-14(18-16)8-12(15)3/h7-8,10,13,17-18H,4-6,9,16H2,1-3H3. The van der Waals surface area contributed by atoms with E-state index in [2.05, 4.69) is 17.1 Å². The molecule has 0 saturated heterocycles. The van der Waals surface area contributed by atoms with Gasteiger partial charge < -0.3 is 5.43 Å². The van der Waals surface area contributed by atoms with Gasteiger partial charge in [-0.1, -0.05) is 19.8 Å². The molecule has 1 fully saturated rings. The zero-order valence-corrected chi connectivity index (χ0v) is 13.8. The highest BCUT2D eigenvalue weighted by molar-refractivity contribution is 7.89. The summed E-state index contributed by atoms with van der Waals surface area (Å²) in [5.41, 5.74) is 4.68. The van der Waals surface area contributed by atoms with E-state index in [4.69, 9.17) is 5.84 Å². The van der Waals surface area contributed by atoms with Crippen molar-refractivity contribution in [2.75, 3.05) is 12.0 Å². The van der Waals surface area contributed by atoms with Crippen LogP contribution in [-0.4, -0.2) is 15.0 Å². The first-order valence-corrected chi connectivity index (χ1v) is 8.91. The highest BCUT2D eigenvalue weighted by Gasteiger charge is 2.26. The molecule has 5 nitrogen and oxygen atoms in total. The maximum Gasteiger partial charge on any atom is 0.241 e. The number of hydrazine groups is 1. The van der Waals surface area contributed by atoms with Crippen LogP contribution in [0.25, 0.3) is 0 Å². The van der Waals surface area contributed by atoms with Crippen LogP contribution in [0.4, 0.5) is 5.69 Å². The van der Waals surface area contributed by atoms with Crippen LogP contribution in [0.15, 0.2) is 17.0 Å². The molecule has 0 heterocycles. The molecule has 0 amide bonds. The summed E-state index contributed by atoms with van der Waals surface area (Å²) in [6.45, 7) is 6.31. The van der Waals surface area contributed by atoms with Gasteiger partial charge in [-0.05, 0) is 55.4 Å². The Morgan fingerprint density at radius 2 is 1.86 bits per heavy atom. The van der Waals surface area contributed by atoms with E-state index >= 15 is 0 Å². The second-order valence-electron chi connectivity index (χ2n) is 6.10. The van der Waals surface area contributed by atoms with Crippen LogP contribution in [0.3, 0.4) is 0 Å². The molecule has 0 aliphatic heterocycles. The number of hydrogen-bond acceptors (Lipinski definition) is 4. The fraction of sp³-hybridized carbons (Fsp3) is 0.600. The van der Waals surface area contributed by atoms with Gasteiger partial charge in [0.1, 0.15) is 0 Å². The second kappa shape index (κ2) is 6.34. The van der Waals surface area contributed by atoms with E-state index in [1.165, 1.54) is 12.8 Å². The van der Waals surface area contributed by atoms with E-state index in [1.807, 2.05) is 0 Å². The number of sulfonamides is 1. The predicted octanol–water partition coefficient (Wildman–Crippen LogP) is 2.30. The smallest absolute Gasteiger partial charge is 0.241 e. The van der Waals surface area contributed by atoms with Gasteiger partial charge in [0.2, 0.25) is 10.0 Å². The Labute approximate surface area is 127 Å². The minimum Gasteiger partial charge on any atom is -0.324 e. The zero-order valence-electron chi connectivity index (χ0n) is 12.9. The van der Waals surface area contributed by atoms with Crippen molar-refractivity contribution < 1.29 is 8.42 Å². The van der Waals surface area contributed by atoms with Crippen molar-refractivity contribution in [3.05, 3.63) is 23.3 Å². The quantitative estimate of drug-likeness (QED) is 0.575. The number of nitrogen functional groups attached to an aromatic ring is 1. The van der Waals surface area contributed by atoms with Crippen LogP contribution >= 0.6 is 0 Å². The van der Waals surface area contributed by atoms with E-state index in [9.17, 15) is 8.42 Å². The average Bonchev–Trinajstić information content (AvgIpc) is 2.80. The van der Waals surface area contributed by atoms with Crippen LogP contribution in [0, 0.1) is 25.7 Å². The van der Waals surface area contributed by atoms with Crippen LogP contribution in [0.2, 0.25) is 0 Å². The van der Waals surface area contributed by atoms with Crippen molar-refractivity contribution in [3.63, 3.8) is 0 Å². The largest absolute Gasteiger partial charge is 0.324 e. The molecule has 1 aliphatic carbocycles. The van der Waals surface area contributed by atoms with Crippen molar-refractivity contribution in [2.45, 2.75) is 44.9 Å². The number of nitrogens with one attached hydrogen (secondary N) is 2. The molecule has 1 aromatic rings. The molecule has 2 atom stereocenters. The van der Waals surface area contributed by atoms with Crippen LogP contribution in [0.5, 0.6) is 0 Å². The minimum absolute atomic E-state index is 0.368. The van der Waals surface area contributed by atoms with E-state index in [0.717, 1.165) is 6.42 Å². The molecule has 6 heteroatoms. The van der Waals surface area contributed by atoms with E-state index in [1.54, 1.807) is 26.0 Å². The third-order valence-electron chi connectivity index (χ3n) is 4.47. The van der Waals surface area contributed by atoms with Crippen LogP contribution < -0.4 is 16.0 Å². The van der Waals surface area contributed by atoms with E-state index in [0.29, 0.717) is 40.1 Å². The first kappa shape index (κ1) is 16.3. The first-order valence-electron chi connectivity index (χ1n) is 7.42. The minimum atomic E-state index is -3.48. The maximum absolute atomic E-state index is 12.6. The fourth-order valence-electron chi connectivity index (χ4n) is 3.27. The fourth-order valence-corrected chi connectivity index (χ4v) is 4.82. The summed E-state index contributed by atoms with van der Waals surface area (Å²) in [4.78, 5) is 0.368. The lowest BCUT2D eigenvalue weighted by molar-refractivity contribution is 0.414. The molecule has 0 spiro atoms. The Hall–Kier alpha value is -1.11. The topological polar surface area (TPSA) is 84.2 Å². The third kappa shape index (κ3) is 3.56. The van der Waals surface area contributed by atoms with Crippen molar-refractivity contribution in [1.82, 2.24) is 4.72 Å². The Balaban J connectivity index is 2.19. The number of hydrogen-bond donors (Lipinski definition) is 3. The average molecular weight is 311 g/mol. The van der Waals surface area contributed by atoms with Gasteiger partial charge in [0.25, 0.3) is 0 Å². The van der Waals surface area contributed by atoms with E-state index in [-0.39, 0.29) is 0 Å². The maximum atomic E-state index is 12.6. The number of benzene rings is 1. The molecule has 0 bridgehead atoms. The molecule has 2 rings (SSSR count). The van der Waals surface area contributed by atoms with Gasteiger partial charge in [-0.25, -0.2) is 13.1 Å². The number of anilines is 1. The van der Waals surface area contributed by atoms with Crippen LogP contribution in [0.1, 0.15) is 37.3 Å². The summed E-state index contributed by atoms with van der Waals surface area (Å²) in [7, 11) is -3.48. The molecule has 0 aromatic heterocycles. The summed E-state index contributed by atoms with van der Waals surface area (Å²) in [5, 5.41) is 0. The lowest BCUT2D eigenvalue weighted by atomic mass is 9.99. The van der Waals surface area contributed by atoms with E-state index < -0.39 is 10.0 Å².